The number of amides is 1. The number of fused-ring (bicyclic) bond motifs is 1. The largest absolute Gasteiger partial charge is 0.484 e. The van der Waals surface area contributed by atoms with E-state index in [-0.39, 0.29) is 18.6 Å². The zero-order valence-corrected chi connectivity index (χ0v) is 19.5. The third-order valence-electron chi connectivity index (χ3n) is 5.45. The summed E-state index contributed by atoms with van der Waals surface area (Å²) < 4.78 is 7.74. The molecule has 0 aliphatic carbocycles. The van der Waals surface area contributed by atoms with Crippen LogP contribution in [0.5, 0.6) is 5.75 Å². The summed E-state index contributed by atoms with van der Waals surface area (Å²) in [6, 6.07) is 21.8. The fourth-order valence-electron chi connectivity index (χ4n) is 3.87. The standard InChI is InChI=1S/C27H26N6O2/c1-18(2)30-25(34)17-35-23-7-5-6-20(14-23)26-24-8-3-4-13-33(24)27(32-26)31-22-11-9-19(10-12-22)21-15-28-29-16-21/h3-16,18H,17H2,1-2H3,(H,28,29)(H,30,34)(H,31,32). The smallest absolute Gasteiger partial charge is 0.258 e. The van der Waals surface area contributed by atoms with Crippen molar-refractivity contribution in [1.29, 1.82) is 0 Å². The second kappa shape index (κ2) is 9.72. The van der Waals surface area contributed by atoms with E-state index in [1.165, 1.54) is 0 Å². The maximum atomic E-state index is 12.0. The molecule has 0 aliphatic rings. The number of ether oxygens (including phenoxy) is 1. The molecule has 0 aliphatic heterocycles. The molecule has 0 saturated carbocycles. The summed E-state index contributed by atoms with van der Waals surface area (Å²) in [5.41, 5.74) is 5.72. The normalized spacial score (nSPS) is 11.1. The van der Waals surface area contributed by atoms with Crippen LogP contribution in [0.1, 0.15) is 13.8 Å². The molecule has 35 heavy (non-hydrogen) atoms. The Morgan fingerprint density at radius 1 is 1.03 bits per heavy atom. The van der Waals surface area contributed by atoms with E-state index in [0.717, 1.165) is 33.6 Å². The van der Waals surface area contributed by atoms with Crippen LogP contribution in [0, 0.1) is 0 Å². The van der Waals surface area contributed by atoms with Gasteiger partial charge >= 0.3 is 0 Å². The average molecular weight is 467 g/mol. The lowest BCUT2D eigenvalue weighted by molar-refractivity contribution is -0.123. The number of aromatic nitrogens is 4. The fraction of sp³-hybridized carbons (Fsp3) is 0.148. The van der Waals surface area contributed by atoms with Crippen molar-refractivity contribution in [2.75, 3.05) is 11.9 Å². The van der Waals surface area contributed by atoms with Gasteiger partial charge in [-0.25, -0.2) is 4.98 Å². The zero-order valence-electron chi connectivity index (χ0n) is 19.5. The molecule has 176 valence electrons. The van der Waals surface area contributed by atoms with E-state index in [2.05, 4.69) is 20.8 Å². The molecule has 1 amide bonds. The number of anilines is 2. The Balaban J connectivity index is 1.40. The number of imidazole rings is 1. The Kier molecular flexibility index (Phi) is 6.17. The first-order chi connectivity index (χ1) is 17.1. The molecule has 0 radical (unpaired) electrons. The van der Waals surface area contributed by atoms with Crippen molar-refractivity contribution in [2.45, 2.75) is 19.9 Å². The van der Waals surface area contributed by atoms with Crippen LogP contribution in [0.2, 0.25) is 0 Å². The van der Waals surface area contributed by atoms with E-state index < -0.39 is 0 Å². The van der Waals surface area contributed by atoms with Crippen molar-refractivity contribution >= 4 is 23.1 Å². The molecule has 0 spiro atoms. The Morgan fingerprint density at radius 2 is 1.89 bits per heavy atom. The Hall–Kier alpha value is -4.59. The lowest BCUT2D eigenvalue weighted by Gasteiger charge is -2.10. The van der Waals surface area contributed by atoms with Crippen LogP contribution in [0.25, 0.3) is 27.9 Å². The molecular weight excluding hydrogens is 440 g/mol. The summed E-state index contributed by atoms with van der Waals surface area (Å²) >= 11 is 0. The second-order valence-electron chi connectivity index (χ2n) is 8.47. The van der Waals surface area contributed by atoms with Crippen LogP contribution in [0.4, 0.5) is 11.6 Å². The first-order valence-electron chi connectivity index (χ1n) is 11.4. The first kappa shape index (κ1) is 22.2. The van der Waals surface area contributed by atoms with Crippen molar-refractivity contribution in [1.82, 2.24) is 24.9 Å². The first-order valence-corrected chi connectivity index (χ1v) is 11.4. The number of nitrogens with zero attached hydrogens (tertiary/aromatic N) is 3. The Labute approximate surface area is 203 Å². The van der Waals surface area contributed by atoms with Crippen LogP contribution in [-0.2, 0) is 4.79 Å². The molecule has 3 N–H and O–H groups in total. The molecule has 3 aromatic heterocycles. The van der Waals surface area contributed by atoms with Gasteiger partial charge in [-0.3, -0.25) is 14.3 Å². The van der Waals surface area contributed by atoms with E-state index in [9.17, 15) is 4.79 Å². The zero-order chi connectivity index (χ0) is 24.2. The quantitative estimate of drug-likeness (QED) is 0.298. The highest BCUT2D eigenvalue weighted by Gasteiger charge is 2.14. The highest BCUT2D eigenvalue weighted by molar-refractivity contribution is 5.82. The summed E-state index contributed by atoms with van der Waals surface area (Å²) in [6.45, 7) is 3.80. The number of hydrogen-bond donors (Lipinski definition) is 3. The van der Waals surface area contributed by atoms with Gasteiger partial charge < -0.3 is 15.4 Å². The van der Waals surface area contributed by atoms with Gasteiger partial charge in [0.25, 0.3) is 5.91 Å². The van der Waals surface area contributed by atoms with E-state index in [4.69, 9.17) is 9.72 Å². The molecule has 0 atom stereocenters. The van der Waals surface area contributed by atoms with Crippen molar-refractivity contribution < 1.29 is 9.53 Å². The molecule has 8 heteroatoms. The number of hydrogen-bond acceptors (Lipinski definition) is 5. The van der Waals surface area contributed by atoms with Gasteiger partial charge in [-0.15, -0.1) is 0 Å². The lowest BCUT2D eigenvalue weighted by atomic mass is 10.1. The maximum Gasteiger partial charge on any atom is 0.258 e. The summed E-state index contributed by atoms with van der Waals surface area (Å²) in [7, 11) is 0. The van der Waals surface area contributed by atoms with Gasteiger partial charge in [-0.2, -0.15) is 5.10 Å². The fourth-order valence-corrected chi connectivity index (χ4v) is 3.87. The van der Waals surface area contributed by atoms with Gasteiger partial charge in [0.2, 0.25) is 5.95 Å². The predicted molar refractivity (Wildman–Crippen MR) is 137 cm³/mol. The number of pyridine rings is 1. The Morgan fingerprint density at radius 3 is 2.66 bits per heavy atom. The van der Waals surface area contributed by atoms with Gasteiger partial charge in [-0.05, 0) is 55.8 Å². The minimum atomic E-state index is -0.150. The van der Waals surface area contributed by atoms with E-state index in [1.54, 1.807) is 6.20 Å². The van der Waals surface area contributed by atoms with Crippen molar-refractivity contribution in [3.8, 4) is 28.1 Å². The molecule has 5 rings (SSSR count). The van der Waals surface area contributed by atoms with Crippen molar-refractivity contribution in [3.05, 3.63) is 85.3 Å². The summed E-state index contributed by atoms with van der Waals surface area (Å²) in [4.78, 5) is 16.9. The number of rotatable bonds is 8. The summed E-state index contributed by atoms with van der Waals surface area (Å²) in [5.74, 6) is 1.17. The van der Waals surface area contributed by atoms with Gasteiger partial charge in [0.15, 0.2) is 6.61 Å². The molecule has 2 aromatic carbocycles. The molecule has 8 nitrogen and oxygen atoms in total. The number of benzene rings is 2. The Bertz CT molecular complexity index is 1440. The molecule has 0 unspecified atom stereocenters. The van der Waals surface area contributed by atoms with E-state index in [1.807, 2.05) is 97.4 Å². The molecule has 0 fully saturated rings. The minimum Gasteiger partial charge on any atom is -0.484 e. The van der Waals surface area contributed by atoms with Crippen LogP contribution < -0.4 is 15.4 Å². The highest BCUT2D eigenvalue weighted by Crippen LogP contribution is 2.31. The lowest BCUT2D eigenvalue weighted by Crippen LogP contribution is -2.34. The van der Waals surface area contributed by atoms with E-state index >= 15 is 0 Å². The third-order valence-corrected chi connectivity index (χ3v) is 5.45. The van der Waals surface area contributed by atoms with Gasteiger partial charge in [0.05, 0.1) is 17.4 Å². The van der Waals surface area contributed by atoms with Gasteiger partial charge in [0, 0.05) is 35.2 Å². The van der Waals surface area contributed by atoms with Crippen molar-refractivity contribution in [3.63, 3.8) is 0 Å². The monoisotopic (exact) mass is 466 g/mol. The number of nitrogens with one attached hydrogen (secondary N) is 3. The van der Waals surface area contributed by atoms with Crippen LogP contribution >= 0.6 is 0 Å². The number of aromatic amines is 1. The molecular formula is C27H26N6O2. The topological polar surface area (TPSA) is 96.3 Å². The number of carbonyl (C=O) groups is 1. The average Bonchev–Trinajstić information content (AvgIpc) is 3.52. The predicted octanol–water partition coefficient (Wildman–Crippen LogP) is 5.04. The molecule has 0 saturated heterocycles. The van der Waals surface area contributed by atoms with Crippen LogP contribution in [0.15, 0.2) is 85.3 Å². The molecule has 5 aromatic rings. The van der Waals surface area contributed by atoms with Crippen LogP contribution in [0.3, 0.4) is 0 Å². The SMILES string of the molecule is CC(C)NC(=O)COc1cccc(-c2nc(Nc3ccc(-c4cn[nH]c4)cc3)n3ccccc23)c1. The number of H-pyrrole nitrogens is 1. The second-order valence-corrected chi connectivity index (χ2v) is 8.47. The van der Waals surface area contributed by atoms with Crippen LogP contribution in [-0.4, -0.2) is 38.1 Å². The van der Waals surface area contributed by atoms with Crippen molar-refractivity contribution in [2.24, 2.45) is 0 Å². The minimum absolute atomic E-state index is 0.0345. The number of carbonyl (C=O) groups excluding carboxylic acids is 1. The molecule has 3 heterocycles. The molecule has 0 bridgehead atoms. The van der Waals surface area contributed by atoms with Gasteiger partial charge in [0.1, 0.15) is 5.75 Å². The third kappa shape index (κ3) is 5.01. The summed E-state index contributed by atoms with van der Waals surface area (Å²) in [6.07, 6.45) is 5.64. The highest BCUT2D eigenvalue weighted by atomic mass is 16.5. The maximum absolute atomic E-state index is 12.0. The summed E-state index contributed by atoms with van der Waals surface area (Å²) in [5, 5.41) is 13.1. The van der Waals surface area contributed by atoms with Gasteiger partial charge in [-0.1, -0.05) is 30.3 Å². The van der Waals surface area contributed by atoms with E-state index in [0.29, 0.717) is 11.7 Å².